The van der Waals surface area contributed by atoms with E-state index in [-0.39, 0.29) is 17.9 Å². The monoisotopic (exact) mass is 584 g/mol. The lowest BCUT2D eigenvalue weighted by molar-refractivity contribution is -0.137. The topological polar surface area (TPSA) is 67.4 Å². The van der Waals surface area contributed by atoms with Crippen molar-refractivity contribution in [2.45, 2.75) is 13.1 Å². The number of carbonyl (C=O) groups is 2. The number of ether oxygens (including phenoxy) is 1. The highest BCUT2D eigenvalue weighted by molar-refractivity contribution is 9.11. The minimum atomic E-state index is -4.52. The first-order valence-electron chi connectivity index (χ1n) is 9.50. The van der Waals surface area contributed by atoms with E-state index in [1.807, 2.05) is 13.0 Å². The van der Waals surface area contributed by atoms with Crippen molar-refractivity contribution in [3.05, 3.63) is 86.3 Å². The summed E-state index contributed by atoms with van der Waals surface area (Å²) in [7, 11) is 0. The fourth-order valence-electron chi connectivity index (χ4n) is 2.92. The Bertz CT molecular complexity index is 1180. The molecule has 3 rings (SSSR count). The Balaban J connectivity index is 1.64. The molecule has 0 aliphatic carbocycles. The van der Waals surface area contributed by atoms with Crippen LogP contribution in [0.5, 0.6) is 5.75 Å². The molecule has 5 nitrogen and oxygen atoms in total. The molecule has 0 aromatic heterocycles. The van der Waals surface area contributed by atoms with Gasteiger partial charge in [0.05, 0.1) is 10.0 Å². The molecule has 172 valence electrons. The predicted octanol–water partition coefficient (Wildman–Crippen LogP) is 6.81. The van der Waals surface area contributed by atoms with E-state index in [0.717, 1.165) is 22.2 Å². The molecule has 0 saturated heterocycles. The van der Waals surface area contributed by atoms with Crippen molar-refractivity contribution < 1.29 is 27.5 Å². The van der Waals surface area contributed by atoms with E-state index < -0.39 is 23.6 Å². The lowest BCUT2D eigenvalue weighted by Gasteiger charge is -2.13. The molecule has 0 saturated carbocycles. The van der Waals surface area contributed by atoms with Crippen molar-refractivity contribution in [3.8, 4) is 5.75 Å². The van der Waals surface area contributed by atoms with Gasteiger partial charge in [-0.3, -0.25) is 9.59 Å². The molecule has 2 N–H and O–H groups in total. The average molecular weight is 586 g/mol. The molecular weight excluding hydrogens is 569 g/mol. The third-order valence-corrected chi connectivity index (χ3v) is 5.44. The standard InChI is InChI=1S/C23H17Br2F3N2O3/c1-13-8-16(24)11-19(25)21(13)33-12-20(31)29-17-6-2-4-14(9-17)22(32)30-18-7-3-5-15(10-18)23(26,27)28/h2-11H,12H2,1H3,(H,29,31)(H,30,32). The Morgan fingerprint density at radius 1 is 0.939 bits per heavy atom. The van der Waals surface area contributed by atoms with E-state index in [4.69, 9.17) is 4.74 Å². The highest BCUT2D eigenvalue weighted by Crippen LogP contribution is 2.32. The molecule has 0 bridgehead atoms. The molecule has 0 radical (unpaired) electrons. The highest BCUT2D eigenvalue weighted by Gasteiger charge is 2.30. The number of carbonyl (C=O) groups excluding carboxylic acids is 2. The van der Waals surface area contributed by atoms with E-state index in [2.05, 4.69) is 42.5 Å². The SMILES string of the molecule is Cc1cc(Br)cc(Br)c1OCC(=O)Nc1cccc(C(=O)Nc2cccc(C(F)(F)F)c2)c1. The van der Waals surface area contributed by atoms with E-state index in [1.54, 1.807) is 18.2 Å². The van der Waals surface area contributed by atoms with Gasteiger partial charge in [-0.25, -0.2) is 0 Å². The maximum absolute atomic E-state index is 12.9. The Labute approximate surface area is 204 Å². The number of rotatable bonds is 6. The van der Waals surface area contributed by atoms with Gasteiger partial charge in [0, 0.05) is 21.4 Å². The van der Waals surface area contributed by atoms with Crippen LogP contribution in [0.25, 0.3) is 0 Å². The summed E-state index contributed by atoms with van der Waals surface area (Å²) < 4.78 is 45.8. The van der Waals surface area contributed by atoms with Crippen molar-refractivity contribution in [1.29, 1.82) is 0 Å². The number of hydrogen-bond donors (Lipinski definition) is 2. The predicted molar refractivity (Wildman–Crippen MR) is 127 cm³/mol. The molecule has 3 aromatic rings. The zero-order valence-corrected chi connectivity index (χ0v) is 20.3. The summed E-state index contributed by atoms with van der Waals surface area (Å²) in [5, 5.41) is 5.06. The summed E-state index contributed by atoms with van der Waals surface area (Å²) in [6, 6.07) is 14.0. The van der Waals surface area contributed by atoms with Gasteiger partial charge in [-0.15, -0.1) is 0 Å². The van der Waals surface area contributed by atoms with Gasteiger partial charge < -0.3 is 15.4 Å². The van der Waals surface area contributed by atoms with Crippen LogP contribution in [-0.2, 0) is 11.0 Å². The molecule has 0 aliphatic rings. The van der Waals surface area contributed by atoms with Crippen LogP contribution in [-0.4, -0.2) is 18.4 Å². The molecule has 33 heavy (non-hydrogen) atoms. The molecule has 0 aliphatic heterocycles. The molecule has 0 heterocycles. The number of anilines is 2. The normalized spacial score (nSPS) is 11.1. The van der Waals surface area contributed by atoms with Crippen molar-refractivity contribution in [2.75, 3.05) is 17.2 Å². The first kappa shape index (κ1) is 24.8. The van der Waals surface area contributed by atoms with Crippen molar-refractivity contribution in [3.63, 3.8) is 0 Å². The number of aryl methyl sites for hydroxylation is 1. The second kappa shape index (κ2) is 10.4. The smallest absolute Gasteiger partial charge is 0.416 e. The van der Waals surface area contributed by atoms with E-state index in [1.165, 1.54) is 24.3 Å². The maximum Gasteiger partial charge on any atom is 0.416 e. The third-order valence-electron chi connectivity index (χ3n) is 4.40. The van der Waals surface area contributed by atoms with Crippen molar-refractivity contribution in [2.24, 2.45) is 0 Å². The Morgan fingerprint density at radius 3 is 2.27 bits per heavy atom. The Hall–Kier alpha value is -2.85. The average Bonchev–Trinajstić information content (AvgIpc) is 2.72. The summed E-state index contributed by atoms with van der Waals surface area (Å²) in [6.07, 6.45) is -4.52. The number of benzene rings is 3. The molecule has 0 atom stereocenters. The quantitative estimate of drug-likeness (QED) is 0.334. The van der Waals surface area contributed by atoms with Crippen LogP contribution in [0.4, 0.5) is 24.5 Å². The fourth-order valence-corrected chi connectivity index (χ4v) is 4.47. The van der Waals surface area contributed by atoms with Crippen LogP contribution < -0.4 is 15.4 Å². The van der Waals surface area contributed by atoms with Crippen molar-refractivity contribution in [1.82, 2.24) is 0 Å². The molecular formula is C23H17Br2F3N2O3. The van der Waals surface area contributed by atoms with E-state index in [0.29, 0.717) is 15.9 Å². The lowest BCUT2D eigenvalue weighted by Crippen LogP contribution is -2.21. The van der Waals surface area contributed by atoms with Crippen LogP contribution in [0.2, 0.25) is 0 Å². The number of halogens is 5. The van der Waals surface area contributed by atoms with Crippen LogP contribution in [0.1, 0.15) is 21.5 Å². The van der Waals surface area contributed by atoms with E-state index in [9.17, 15) is 22.8 Å². The lowest BCUT2D eigenvalue weighted by atomic mass is 10.1. The molecule has 2 amide bonds. The van der Waals surface area contributed by atoms with Gasteiger partial charge >= 0.3 is 6.18 Å². The Morgan fingerprint density at radius 2 is 1.61 bits per heavy atom. The second-order valence-corrected chi connectivity index (χ2v) is 8.75. The molecule has 0 fully saturated rings. The minimum absolute atomic E-state index is 0.00751. The summed E-state index contributed by atoms with van der Waals surface area (Å²) >= 11 is 6.76. The molecule has 3 aromatic carbocycles. The number of nitrogens with one attached hydrogen (secondary N) is 2. The van der Waals surface area contributed by atoms with Crippen LogP contribution in [0.3, 0.4) is 0 Å². The van der Waals surface area contributed by atoms with Gasteiger partial charge in [0.25, 0.3) is 11.8 Å². The van der Waals surface area contributed by atoms with Crippen LogP contribution in [0, 0.1) is 6.92 Å². The zero-order valence-electron chi connectivity index (χ0n) is 17.1. The van der Waals surface area contributed by atoms with Gasteiger partial charge in [0.2, 0.25) is 0 Å². The number of hydrogen-bond acceptors (Lipinski definition) is 3. The Kier molecular flexibility index (Phi) is 7.80. The van der Waals surface area contributed by atoms with E-state index >= 15 is 0 Å². The first-order valence-corrected chi connectivity index (χ1v) is 11.1. The van der Waals surface area contributed by atoms with Crippen LogP contribution >= 0.6 is 31.9 Å². The number of amides is 2. The summed E-state index contributed by atoms with van der Waals surface area (Å²) in [5.74, 6) is -0.529. The highest BCUT2D eigenvalue weighted by atomic mass is 79.9. The summed E-state index contributed by atoms with van der Waals surface area (Å²) in [4.78, 5) is 24.8. The molecule has 0 unspecified atom stereocenters. The zero-order chi connectivity index (χ0) is 24.2. The van der Waals surface area contributed by atoms with Gasteiger partial charge in [-0.05, 0) is 76.9 Å². The summed E-state index contributed by atoms with van der Waals surface area (Å²) in [6.45, 7) is 1.58. The fraction of sp³-hybridized carbons (Fsp3) is 0.130. The summed E-state index contributed by atoms with van der Waals surface area (Å²) in [5.41, 5.74) is 0.476. The number of alkyl halides is 3. The maximum atomic E-state index is 12.9. The molecule has 0 spiro atoms. The van der Waals surface area contributed by atoms with Gasteiger partial charge in [-0.2, -0.15) is 13.2 Å². The van der Waals surface area contributed by atoms with Crippen molar-refractivity contribution >= 4 is 55.0 Å². The van der Waals surface area contributed by atoms with Gasteiger partial charge in [-0.1, -0.05) is 28.1 Å². The second-order valence-electron chi connectivity index (χ2n) is 6.98. The minimum Gasteiger partial charge on any atom is -0.482 e. The molecule has 10 heteroatoms. The largest absolute Gasteiger partial charge is 0.482 e. The van der Waals surface area contributed by atoms with Gasteiger partial charge in [0.1, 0.15) is 5.75 Å². The van der Waals surface area contributed by atoms with Crippen LogP contribution in [0.15, 0.2) is 69.6 Å². The van der Waals surface area contributed by atoms with Gasteiger partial charge in [0.15, 0.2) is 6.61 Å². The third kappa shape index (κ3) is 6.82. The first-order chi connectivity index (χ1) is 15.5.